The van der Waals surface area contributed by atoms with Crippen molar-refractivity contribution in [2.24, 2.45) is 0 Å². The van der Waals surface area contributed by atoms with Gasteiger partial charge in [-0.25, -0.2) is 4.79 Å². The van der Waals surface area contributed by atoms with Crippen molar-refractivity contribution in [3.63, 3.8) is 0 Å². The lowest BCUT2D eigenvalue weighted by Crippen LogP contribution is -2.17. The number of hydrogen-bond acceptors (Lipinski definition) is 4. The smallest absolute Gasteiger partial charge is 0.340 e. The minimum absolute atomic E-state index is 0.302. The third-order valence-corrected chi connectivity index (χ3v) is 5.08. The third-order valence-electron chi connectivity index (χ3n) is 3.79. The molecule has 0 unspecified atom stereocenters. The Morgan fingerprint density at radius 2 is 1.67 bits per heavy atom. The summed E-state index contributed by atoms with van der Waals surface area (Å²) in [6, 6.07) is 22.2. The quantitative estimate of drug-likeness (QED) is 0.624. The van der Waals surface area contributed by atoms with Gasteiger partial charge in [0.25, 0.3) is 0 Å². The Hall–Kier alpha value is -2.59. The number of ether oxygens (including phenoxy) is 1. The second-order valence-electron chi connectivity index (χ2n) is 5.53. The summed E-state index contributed by atoms with van der Waals surface area (Å²) in [5, 5.41) is 0.921. The van der Waals surface area contributed by atoms with Crippen LogP contribution < -0.4 is 4.90 Å². The molecule has 1 aromatic heterocycles. The van der Waals surface area contributed by atoms with E-state index >= 15 is 0 Å². The zero-order chi connectivity index (χ0) is 16.9. The SMILES string of the molecule is COC(=O)c1cc(-c2ccccc2)sc1N(C)Cc1ccccc1. The monoisotopic (exact) mass is 337 g/mol. The highest BCUT2D eigenvalue weighted by molar-refractivity contribution is 7.19. The third kappa shape index (κ3) is 3.49. The molecule has 0 saturated heterocycles. The molecule has 0 aliphatic rings. The maximum absolute atomic E-state index is 12.2. The second-order valence-corrected chi connectivity index (χ2v) is 6.56. The fraction of sp³-hybridized carbons (Fsp3) is 0.150. The number of methoxy groups -OCH3 is 1. The Morgan fingerprint density at radius 3 is 2.29 bits per heavy atom. The summed E-state index contributed by atoms with van der Waals surface area (Å²) >= 11 is 1.61. The van der Waals surface area contributed by atoms with E-state index in [9.17, 15) is 4.79 Å². The maximum atomic E-state index is 12.2. The summed E-state index contributed by atoms with van der Waals surface area (Å²) in [6.07, 6.45) is 0. The molecular formula is C20H19NO2S. The standard InChI is InChI=1S/C20H19NO2S/c1-21(14-15-9-5-3-6-10-15)19-17(20(22)23-2)13-18(24-19)16-11-7-4-8-12-16/h3-13H,14H2,1-2H3. The van der Waals surface area contributed by atoms with Crippen LogP contribution >= 0.6 is 11.3 Å². The first-order chi connectivity index (χ1) is 11.7. The van der Waals surface area contributed by atoms with E-state index in [0.717, 1.165) is 22.0 Å². The van der Waals surface area contributed by atoms with Gasteiger partial charge >= 0.3 is 5.97 Å². The number of anilines is 1. The van der Waals surface area contributed by atoms with Crippen molar-refractivity contribution in [1.29, 1.82) is 0 Å². The number of thiophene rings is 1. The first-order valence-corrected chi connectivity index (χ1v) is 8.53. The predicted octanol–water partition coefficient (Wildman–Crippen LogP) is 4.84. The van der Waals surface area contributed by atoms with Gasteiger partial charge in [-0.2, -0.15) is 0 Å². The molecule has 0 aliphatic carbocycles. The predicted molar refractivity (Wildman–Crippen MR) is 99.6 cm³/mol. The number of carbonyl (C=O) groups excluding carboxylic acids is 1. The molecule has 1 heterocycles. The Bertz CT molecular complexity index is 812. The molecular weight excluding hydrogens is 318 g/mol. The van der Waals surface area contributed by atoms with E-state index in [-0.39, 0.29) is 5.97 Å². The lowest BCUT2D eigenvalue weighted by atomic mass is 10.1. The van der Waals surface area contributed by atoms with Crippen LogP contribution in [0.25, 0.3) is 10.4 Å². The summed E-state index contributed by atoms with van der Waals surface area (Å²) in [7, 11) is 3.42. The number of hydrogen-bond donors (Lipinski definition) is 0. The van der Waals surface area contributed by atoms with Gasteiger partial charge in [0, 0.05) is 18.5 Å². The number of esters is 1. The van der Waals surface area contributed by atoms with Crippen LogP contribution in [0.3, 0.4) is 0 Å². The Morgan fingerprint density at radius 1 is 1.04 bits per heavy atom. The van der Waals surface area contributed by atoms with E-state index in [0.29, 0.717) is 5.56 Å². The van der Waals surface area contributed by atoms with Gasteiger partial charge < -0.3 is 9.64 Å². The second kappa shape index (κ2) is 7.32. The van der Waals surface area contributed by atoms with E-state index in [1.165, 1.54) is 12.7 Å². The maximum Gasteiger partial charge on any atom is 0.340 e. The molecule has 0 N–H and O–H groups in total. The van der Waals surface area contributed by atoms with Crippen LogP contribution in [0.5, 0.6) is 0 Å². The normalized spacial score (nSPS) is 10.4. The molecule has 0 fully saturated rings. The van der Waals surface area contributed by atoms with Crippen LogP contribution in [0.15, 0.2) is 66.7 Å². The fourth-order valence-corrected chi connectivity index (χ4v) is 3.71. The minimum Gasteiger partial charge on any atom is -0.465 e. The Labute approximate surface area is 146 Å². The molecule has 0 saturated carbocycles. The summed E-state index contributed by atoms with van der Waals surface area (Å²) in [4.78, 5) is 15.4. The summed E-state index contributed by atoms with van der Waals surface area (Å²) in [5.74, 6) is -0.302. The molecule has 2 aromatic carbocycles. The highest BCUT2D eigenvalue weighted by Gasteiger charge is 2.20. The zero-order valence-electron chi connectivity index (χ0n) is 13.7. The van der Waals surface area contributed by atoms with Gasteiger partial charge in [0.1, 0.15) is 5.00 Å². The Kier molecular flexibility index (Phi) is 4.96. The highest BCUT2D eigenvalue weighted by Crippen LogP contribution is 2.38. The number of carbonyl (C=O) groups is 1. The number of rotatable bonds is 5. The van der Waals surface area contributed by atoms with Crippen molar-refractivity contribution in [2.75, 3.05) is 19.1 Å². The topological polar surface area (TPSA) is 29.5 Å². The molecule has 3 rings (SSSR count). The largest absolute Gasteiger partial charge is 0.465 e. The van der Waals surface area contributed by atoms with Gasteiger partial charge in [-0.15, -0.1) is 11.3 Å². The van der Waals surface area contributed by atoms with Crippen LogP contribution in [0.4, 0.5) is 5.00 Å². The summed E-state index contributed by atoms with van der Waals surface area (Å²) < 4.78 is 4.97. The average Bonchev–Trinajstić information content (AvgIpc) is 3.08. The molecule has 0 amide bonds. The van der Waals surface area contributed by atoms with Crippen molar-refractivity contribution in [2.45, 2.75) is 6.54 Å². The van der Waals surface area contributed by atoms with Crippen LogP contribution in [0, 0.1) is 0 Å². The molecule has 0 bridgehead atoms. The van der Waals surface area contributed by atoms with Crippen molar-refractivity contribution in [3.05, 3.63) is 77.9 Å². The molecule has 0 atom stereocenters. The van der Waals surface area contributed by atoms with Gasteiger partial charge in [-0.05, 0) is 17.2 Å². The van der Waals surface area contributed by atoms with Crippen LogP contribution in [-0.2, 0) is 11.3 Å². The minimum atomic E-state index is -0.302. The first kappa shape index (κ1) is 16.3. The average molecular weight is 337 g/mol. The number of nitrogens with zero attached hydrogens (tertiary/aromatic N) is 1. The Balaban J connectivity index is 1.96. The lowest BCUT2D eigenvalue weighted by molar-refractivity contribution is 0.0602. The molecule has 0 spiro atoms. The highest BCUT2D eigenvalue weighted by atomic mass is 32.1. The first-order valence-electron chi connectivity index (χ1n) is 7.71. The fourth-order valence-electron chi connectivity index (χ4n) is 2.59. The van der Waals surface area contributed by atoms with Crippen molar-refractivity contribution in [1.82, 2.24) is 0 Å². The van der Waals surface area contributed by atoms with E-state index in [1.54, 1.807) is 11.3 Å². The molecule has 122 valence electrons. The van der Waals surface area contributed by atoms with E-state index in [4.69, 9.17) is 4.74 Å². The van der Waals surface area contributed by atoms with E-state index in [1.807, 2.05) is 61.6 Å². The zero-order valence-corrected chi connectivity index (χ0v) is 14.5. The molecule has 0 radical (unpaired) electrons. The molecule has 3 nitrogen and oxygen atoms in total. The summed E-state index contributed by atoms with van der Waals surface area (Å²) in [5.41, 5.74) is 2.91. The van der Waals surface area contributed by atoms with Crippen LogP contribution in [0.1, 0.15) is 15.9 Å². The van der Waals surface area contributed by atoms with Gasteiger partial charge in [0.15, 0.2) is 0 Å². The molecule has 4 heteroatoms. The van der Waals surface area contributed by atoms with E-state index < -0.39 is 0 Å². The molecule has 24 heavy (non-hydrogen) atoms. The van der Waals surface area contributed by atoms with Crippen molar-refractivity contribution >= 4 is 22.3 Å². The van der Waals surface area contributed by atoms with Crippen molar-refractivity contribution < 1.29 is 9.53 Å². The summed E-state index contributed by atoms with van der Waals surface area (Å²) in [6.45, 7) is 0.736. The molecule has 0 aliphatic heterocycles. The van der Waals surface area contributed by atoms with Crippen LogP contribution in [0.2, 0.25) is 0 Å². The van der Waals surface area contributed by atoms with Gasteiger partial charge in [0.2, 0.25) is 0 Å². The van der Waals surface area contributed by atoms with Crippen LogP contribution in [-0.4, -0.2) is 20.1 Å². The van der Waals surface area contributed by atoms with Gasteiger partial charge in [0.05, 0.1) is 12.7 Å². The lowest BCUT2D eigenvalue weighted by Gasteiger charge is -2.18. The van der Waals surface area contributed by atoms with E-state index in [2.05, 4.69) is 17.0 Å². The van der Waals surface area contributed by atoms with Gasteiger partial charge in [-0.1, -0.05) is 60.7 Å². The number of benzene rings is 2. The van der Waals surface area contributed by atoms with Gasteiger partial charge in [-0.3, -0.25) is 0 Å². The van der Waals surface area contributed by atoms with Crippen molar-refractivity contribution in [3.8, 4) is 10.4 Å². The molecule has 3 aromatic rings.